The molecule has 1 amide bonds. The van der Waals surface area contributed by atoms with Crippen LogP contribution in [0.15, 0.2) is 47.4 Å². The summed E-state index contributed by atoms with van der Waals surface area (Å²) >= 11 is 1.29. The number of carbonyl (C=O) groups excluding carboxylic acids is 1. The Labute approximate surface area is 196 Å². The molecule has 1 fully saturated rings. The molecule has 4 rings (SSSR count). The molecule has 3 aromatic rings. The van der Waals surface area contributed by atoms with Gasteiger partial charge in [-0.05, 0) is 61.7 Å². The number of aryl methyl sites for hydroxylation is 1. The number of anilines is 2. The van der Waals surface area contributed by atoms with Gasteiger partial charge in [-0.15, -0.1) is 0 Å². The molecule has 174 valence electrons. The molecule has 0 unspecified atom stereocenters. The average molecular weight is 490 g/mol. The Kier molecular flexibility index (Phi) is 6.66. The number of hydrogen-bond acceptors (Lipinski definition) is 6. The monoisotopic (exact) mass is 489 g/mol. The van der Waals surface area contributed by atoms with Crippen molar-refractivity contribution in [3.05, 3.63) is 54.0 Å². The predicted octanol–water partition coefficient (Wildman–Crippen LogP) is 5.20. The smallest absolute Gasteiger partial charge is 0.265 e. The molecule has 0 aliphatic heterocycles. The van der Waals surface area contributed by atoms with Gasteiger partial charge in [-0.3, -0.25) is 9.52 Å². The lowest BCUT2D eigenvalue weighted by Crippen LogP contribution is -2.20. The molecule has 0 spiro atoms. The zero-order valence-corrected chi connectivity index (χ0v) is 19.9. The van der Waals surface area contributed by atoms with E-state index in [1.54, 1.807) is 19.1 Å². The summed E-state index contributed by atoms with van der Waals surface area (Å²) in [4.78, 5) is 17.6. The number of sulfonamides is 1. The van der Waals surface area contributed by atoms with Crippen molar-refractivity contribution in [3.8, 4) is 16.2 Å². The molecule has 10 heteroatoms. The molecule has 7 nitrogen and oxygen atoms in total. The van der Waals surface area contributed by atoms with Crippen LogP contribution in [0.3, 0.4) is 0 Å². The second-order valence-electron chi connectivity index (χ2n) is 7.89. The summed E-state index contributed by atoms with van der Waals surface area (Å²) in [6.45, 7) is 1.81. The van der Waals surface area contributed by atoms with E-state index in [4.69, 9.17) is 4.74 Å². The number of halogens is 1. The molecule has 0 atom stereocenters. The first-order valence-electron chi connectivity index (χ1n) is 10.5. The lowest BCUT2D eigenvalue weighted by Gasteiger charge is -2.13. The largest absolute Gasteiger partial charge is 0.495 e. The van der Waals surface area contributed by atoms with Gasteiger partial charge in [0.25, 0.3) is 10.0 Å². The van der Waals surface area contributed by atoms with Gasteiger partial charge < -0.3 is 10.1 Å². The normalized spacial score (nSPS) is 14.3. The van der Waals surface area contributed by atoms with Gasteiger partial charge in [0.05, 0.1) is 23.4 Å². The maximum Gasteiger partial charge on any atom is 0.265 e. The first-order chi connectivity index (χ1) is 15.8. The zero-order chi connectivity index (χ0) is 23.6. The van der Waals surface area contributed by atoms with E-state index in [0.29, 0.717) is 16.4 Å². The first kappa shape index (κ1) is 23.2. The average Bonchev–Trinajstić information content (AvgIpc) is 3.43. The summed E-state index contributed by atoms with van der Waals surface area (Å²) in [5.41, 5.74) is 1.40. The minimum Gasteiger partial charge on any atom is -0.495 e. The molecular weight excluding hydrogens is 465 g/mol. The Morgan fingerprint density at radius 2 is 1.94 bits per heavy atom. The lowest BCUT2D eigenvalue weighted by atomic mass is 10.1. The van der Waals surface area contributed by atoms with Crippen LogP contribution in [0.25, 0.3) is 10.4 Å². The predicted molar refractivity (Wildman–Crippen MR) is 127 cm³/mol. The van der Waals surface area contributed by atoms with Crippen LogP contribution in [0.5, 0.6) is 5.75 Å². The summed E-state index contributed by atoms with van der Waals surface area (Å²) in [6, 6.07) is 10.00. The molecule has 1 aliphatic rings. The van der Waals surface area contributed by atoms with E-state index in [1.807, 2.05) is 0 Å². The molecule has 2 aromatic carbocycles. The number of carbonyl (C=O) groups is 1. The Hall–Kier alpha value is -2.98. The van der Waals surface area contributed by atoms with Gasteiger partial charge >= 0.3 is 0 Å². The van der Waals surface area contributed by atoms with Gasteiger partial charge in [-0.2, -0.15) is 0 Å². The minimum atomic E-state index is -4.07. The van der Waals surface area contributed by atoms with E-state index in [0.717, 1.165) is 36.6 Å². The Balaban J connectivity index is 1.64. The summed E-state index contributed by atoms with van der Waals surface area (Å²) < 4.78 is 47.3. The molecular formula is C23H24FN3O4S2. The zero-order valence-electron chi connectivity index (χ0n) is 18.2. The van der Waals surface area contributed by atoms with Gasteiger partial charge in [-0.1, -0.05) is 30.2 Å². The summed E-state index contributed by atoms with van der Waals surface area (Å²) in [7, 11) is -2.69. The van der Waals surface area contributed by atoms with Gasteiger partial charge in [0.2, 0.25) is 5.91 Å². The highest BCUT2D eigenvalue weighted by atomic mass is 32.2. The molecule has 0 bridgehead atoms. The van der Waals surface area contributed by atoms with Crippen LogP contribution in [-0.2, 0) is 14.8 Å². The van der Waals surface area contributed by atoms with Crippen molar-refractivity contribution in [2.24, 2.45) is 5.92 Å². The standard InChI is InChI=1S/C23H24FN3O4S2/c1-14-21(32-23(25-14)26-22(28)15-6-3-4-7-15)16-10-11-19(31-2)20(12-16)33(29,30)27-18-9-5-8-17(24)13-18/h5,8-13,15,27H,3-4,6-7H2,1-2H3,(H,25,26,28). The fraction of sp³-hybridized carbons (Fsp3) is 0.304. The lowest BCUT2D eigenvalue weighted by molar-refractivity contribution is -0.119. The molecule has 33 heavy (non-hydrogen) atoms. The second kappa shape index (κ2) is 9.48. The molecule has 0 saturated heterocycles. The maximum atomic E-state index is 13.5. The molecule has 1 aromatic heterocycles. The van der Waals surface area contributed by atoms with Crippen LogP contribution < -0.4 is 14.8 Å². The summed E-state index contributed by atoms with van der Waals surface area (Å²) in [5, 5.41) is 3.38. The van der Waals surface area contributed by atoms with Crippen molar-refractivity contribution < 1.29 is 22.3 Å². The van der Waals surface area contributed by atoms with Crippen molar-refractivity contribution in [2.45, 2.75) is 37.5 Å². The van der Waals surface area contributed by atoms with Crippen molar-refractivity contribution in [1.29, 1.82) is 0 Å². The number of aromatic nitrogens is 1. The third kappa shape index (κ3) is 5.17. The quantitative estimate of drug-likeness (QED) is 0.476. The number of nitrogens with one attached hydrogen (secondary N) is 2. The summed E-state index contributed by atoms with van der Waals surface area (Å²) in [6.07, 6.45) is 3.90. The Bertz CT molecular complexity index is 1280. The van der Waals surface area contributed by atoms with E-state index >= 15 is 0 Å². The van der Waals surface area contributed by atoms with E-state index in [-0.39, 0.29) is 28.2 Å². The highest BCUT2D eigenvalue weighted by molar-refractivity contribution is 7.92. The van der Waals surface area contributed by atoms with Crippen LogP contribution in [0.4, 0.5) is 15.2 Å². The molecule has 2 N–H and O–H groups in total. The van der Waals surface area contributed by atoms with Crippen LogP contribution in [0.2, 0.25) is 0 Å². The third-order valence-electron chi connectivity index (χ3n) is 5.54. The Morgan fingerprint density at radius 3 is 2.64 bits per heavy atom. The van der Waals surface area contributed by atoms with Crippen LogP contribution >= 0.6 is 11.3 Å². The minimum absolute atomic E-state index is 0.0179. The fourth-order valence-electron chi connectivity index (χ4n) is 3.90. The topological polar surface area (TPSA) is 97.4 Å². The number of ether oxygens (including phenoxy) is 1. The van der Waals surface area contributed by atoms with E-state index < -0.39 is 15.8 Å². The molecule has 1 heterocycles. The summed E-state index contributed by atoms with van der Waals surface area (Å²) in [5.74, 6) is -0.405. The van der Waals surface area contributed by atoms with E-state index in [1.165, 1.54) is 42.7 Å². The second-order valence-corrected chi connectivity index (χ2v) is 10.5. The van der Waals surface area contributed by atoms with Gasteiger partial charge in [0.15, 0.2) is 5.13 Å². The molecule has 1 saturated carbocycles. The van der Waals surface area contributed by atoms with E-state index in [2.05, 4.69) is 15.0 Å². The highest BCUT2D eigenvalue weighted by Crippen LogP contribution is 2.37. The van der Waals surface area contributed by atoms with Gasteiger partial charge in [-0.25, -0.2) is 17.8 Å². The number of benzene rings is 2. The van der Waals surface area contributed by atoms with Crippen molar-refractivity contribution in [3.63, 3.8) is 0 Å². The van der Waals surface area contributed by atoms with Crippen molar-refractivity contribution >= 4 is 38.1 Å². The molecule has 0 radical (unpaired) electrons. The number of hydrogen-bond donors (Lipinski definition) is 2. The third-order valence-corrected chi connectivity index (χ3v) is 8.07. The Morgan fingerprint density at radius 1 is 1.18 bits per heavy atom. The van der Waals surface area contributed by atoms with Crippen molar-refractivity contribution in [1.82, 2.24) is 4.98 Å². The van der Waals surface area contributed by atoms with Crippen LogP contribution in [-0.4, -0.2) is 26.4 Å². The number of thiazole rings is 1. The highest BCUT2D eigenvalue weighted by Gasteiger charge is 2.25. The number of amides is 1. The number of methoxy groups -OCH3 is 1. The van der Waals surface area contributed by atoms with Crippen molar-refractivity contribution in [2.75, 3.05) is 17.1 Å². The van der Waals surface area contributed by atoms with E-state index in [9.17, 15) is 17.6 Å². The SMILES string of the molecule is COc1ccc(-c2sc(NC(=O)C3CCCC3)nc2C)cc1S(=O)(=O)Nc1cccc(F)c1. The maximum absolute atomic E-state index is 13.5. The number of nitrogens with zero attached hydrogens (tertiary/aromatic N) is 1. The fourth-order valence-corrected chi connectivity index (χ4v) is 6.11. The van der Waals surface area contributed by atoms with Crippen LogP contribution in [0.1, 0.15) is 31.4 Å². The number of rotatable bonds is 7. The first-order valence-corrected chi connectivity index (χ1v) is 12.8. The van der Waals surface area contributed by atoms with Crippen LogP contribution in [0, 0.1) is 18.7 Å². The van der Waals surface area contributed by atoms with Gasteiger partial charge in [0.1, 0.15) is 16.5 Å². The van der Waals surface area contributed by atoms with Gasteiger partial charge in [0, 0.05) is 5.92 Å². The molecule has 1 aliphatic carbocycles.